The van der Waals surface area contributed by atoms with Crippen molar-refractivity contribution in [1.82, 2.24) is 0 Å². The second-order valence-electron chi connectivity index (χ2n) is 7.46. The van der Waals surface area contributed by atoms with Crippen LogP contribution in [0.25, 0.3) is 0 Å². The molecule has 144 valence electrons. The fraction of sp³-hybridized carbons (Fsp3) is 0.762. The van der Waals surface area contributed by atoms with Gasteiger partial charge in [-0.1, -0.05) is 57.4 Å². The highest BCUT2D eigenvalue weighted by Gasteiger charge is 2.37. The zero-order valence-electron chi connectivity index (χ0n) is 15.8. The van der Waals surface area contributed by atoms with E-state index in [9.17, 15) is 15.0 Å². The third-order valence-corrected chi connectivity index (χ3v) is 5.28. The number of allylic oxidation sites excluding steroid dienone is 2. The Bertz CT molecular complexity index is 430. The van der Waals surface area contributed by atoms with E-state index in [2.05, 4.69) is 26.0 Å². The highest BCUT2D eigenvalue weighted by Crippen LogP contribution is 2.40. The van der Waals surface area contributed by atoms with Crippen molar-refractivity contribution in [2.45, 2.75) is 83.8 Å². The van der Waals surface area contributed by atoms with Gasteiger partial charge in [-0.15, -0.1) is 0 Å². The first-order chi connectivity index (χ1) is 12.0. The lowest BCUT2D eigenvalue weighted by Crippen LogP contribution is -2.18. The lowest BCUT2D eigenvalue weighted by molar-refractivity contribution is -0.137. The van der Waals surface area contributed by atoms with Gasteiger partial charge in [0.1, 0.15) is 0 Å². The molecule has 3 N–H and O–H groups in total. The second kappa shape index (κ2) is 12.3. The normalized spacial score (nSPS) is 28.2. The quantitative estimate of drug-likeness (QED) is 0.361. The van der Waals surface area contributed by atoms with Crippen LogP contribution in [0.1, 0.15) is 71.6 Å². The molecule has 4 nitrogen and oxygen atoms in total. The van der Waals surface area contributed by atoms with Crippen molar-refractivity contribution in [3.05, 3.63) is 24.3 Å². The largest absolute Gasteiger partial charge is 0.481 e. The van der Waals surface area contributed by atoms with Crippen molar-refractivity contribution >= 4 is 5.97 Å². The summed E-state index contributed by atoms with van der Waals surface area (Å²) in [4.78, 5) is 10.5. The number of rotatable bonds is 12. The topological polar surface area (TPSA) is 77.8 Å². The van der Waals surface area contributed by atoms with Crippen molar-refractivity contribution < 1.29 is 20.1 Å². The van der Waals surface area contributed by atoms with Gasteiger partial charge in [0.2, 0.25) is 0 Å². The number of aliphatic hydroxyl groups excluding tert-OH is 2. The van der Waals surface area contributed by atoms with Crippen LogP contribution in [0.4, 0.5) is 0 Å². The molecule has 0 heterocycles. The number of aliphatic carboxylic acids is 1. The average molecular weight is 353 g/mol. The van der Waals surface area contributed by atoms with Gasteiger partial charge in [-0.25, -0.2) is 0 Å². The summed E-state index contributed by atoms with van der Waals surface area (Å²) in [6.45, 7) is 4.33. The van der Waals surface area contributed by atoms with E-state index in [1.807, 2.05) is 12.2 Å². The standard InChI is InChI=1S/C21H36O4/c1-3-4-7-10-17(22)13-14-19-18(16(2)15-20(19)23)11-8-5-6-9-12-21(24)25/h5,8,13-14,16-20,22-23H,3-4,6-7,9-12,15H2,1-2H3,(H,24,25)/b8-5-,14-13+/t16?,17-,18-,19+,20+/m0/s1. The zero-order valence-corrected chi connectivity index (χ0v) is 15.8. The van der Waals surface area contributed by atoms with E-state index in [0.717, 1.165) is 44.9 Å². The highest BCUT2D eigenvalue weighted by molar-refractivity contribution is 5.66. The van der Waals surface area contributed by atoms with Crippen LogP contribution in [-0.4, -0.2) is 33.5 Å². The van der Waals surface area contributed by atoms with Crippen LogP contribution >= 0.6 is 0 Å². The molecule has 1 aliphatic carbocycles. The average Bonchev–Trinajstić information content (AvgIpc) is 2.82. The predicted octanol–water partition coefficient (Wildman–Crippen LogP) is 4.32. The summed E-state index contributed by atoms with van der Waals surface area (Å²) >= 11 is 0. The Morgan fingerprint density at radius 3 is 2.68 bits per heavy atom. The first-order valence-electron chi connectivity index (χ1n) is 9.86. The number of unbranched alkanes of at least 4 members (excludes halogenated alkanes) is 3. The Kier molecular flexibility index (Phi) is 10.7. The van der Waals surface area contributed by atoms with Crippen LogP contribution in [0.5, 0.6) is 0 Å². The van der Waals surface area contributed by atoms with Gasteiger partial charge in [-0.3, -0.25) is 4.79 Å². The molecule has 0 aromatic heterocycles. The molecule has 0 amide bonds. The van der Waals surface area contributed by atoms with Crippen LogP contribution < -0.4 is 0 Å². The molecule has 1 saturated carbocycles. The predicted molar refractivity (Wildman–Crippen MR) is 101 cm³/mol. The van der Waals surface area contributed by atoms with Gasteiger partial charge < -0.3 is 15.3 Å². The van der Waals surface area contributed by atoms with Gasteiger partial charge in [0.25, 0.3) is 0 Å². The summed E-state index contributed by atoms with van der Waals surface area (Å²) in [5.74, 6) is 0.179. The van der Waals surface area contributed by atoms with Gasteiger partial charge in [0.05, 0.1) is 12.2 Å². The van der Waals surface area contributed by atoms with Gasteiger partial charge in [0.15, 0.2) is 0 Å². The maximum atomic E-state index is 10.5. The summed E-state index contributed by atoms with van der Waals surface area (Å²) in [6.07, 6.45) is 14.8. The van der Waals surface area contributed by atoms with Gasteiger partial charge in [-0.2, -0.15) is 0 Å². The monoisotopic (exact) mass is 352 g/mol. The molecular weight excluding hydrogens is 316 g/mol. The Morgan fingerprint density at radius 1 is 1.24 bits per heavy atom. The number of carboxylic acids is 1. The minimum Gasteiger partial charge on any atom is -0.481 e. The molecule has 1 fully saturated rings. The number of hydrogen-bond acceptors (Lipinski definition) is 3. The van der Waals surface area contributed by atoms with E-state index in [0.29, 0.717) is 18.3 Å². The number of carboxylic acid groups (broad SMARTS) is 1. The molecule has 0 aromatic rings. The van der Waals surface area contributed by atoms with Gasteiger partial charge >= 0.3 is 5.97 Å². The fourth-order valence-electron chi connectivity index (χ4n) is 3.74. The molecule has 1 rings (SSSR count). The lowest BCUT2D eigenvalue weighted by Gasteiger charge is -2.20. The van der Waals surface area contributed by atoms with E-state index in [1.165, 1.54) is 0 Å². The van der Waals surface area contributed by atoms with E-state index in [1.54, 1.807) is 0 Å². The minimum absolute atomic E-state index is 0.0968. The van der Waals surface area contributed by atoms with Gasteiger partial charge in [0, 0.05) is 12.3 Å². The Hall–Kier alpha value is -1.13. The molecular formula is C21H36O4. The van der Waals surface area contributed by atoms with E-state index in [-0.39, 0.29) is 18.4 Å². The maximum absolute atomic E-state index is 10.5. The number of aliphatic hydroxyl groups is 2. The molecule has 0 bridgehead atoms. The molecule has 0 radical (unpaired) electrons. The summed E-state index contributed by atoms with van der Waals surface area (Å²) < 4.78 is 0. The van der Waals surface area contributed by atoms with Crippen molar-refractivity contribution in [1.29, 1.82) is 0 Å². The molecule has 0 spiro atoms. The van der Waals surface area contributed by atoms with Crippen LogP contribution in [-0.2, 0) is 4.79 Å². The number of carbonyl (C=O) groups is 1. The van der Waals surface area contributed by atoms with Crippen LogP contribution in [0.15, 0.2) is 24.3 Å². The van der Waals surface area contributed by atoms with Crippen molar-refractivity contribution in [3.8, 4) is 0 Å². The first-order valence-corrected chi connectivity index (χ1v) is 9.86. The van der Waals surface area contributed by atoms with Crippen molar-refractivity contribution in [2.24, 2.45) is 17.8 Å². The summed E-state index contributed by atoms with van der Waals surface area (Å²) in [6, 6.07) is 0. The molecule has 4 heteroatoms. The van der Waals surface area contributed by atoms with E-state index < -0.39 is 12.1 Å². The molecule has 0 saturated heterocycles. The second-order valence-corrected chi connectivity index (χ2v) is 7.46. The number of hydrogen-bond donors (Lipinski definition) is 3. The smallest absolute Gasteiger partial charge is 0.303 e. The lowest BCUT2D eigenvalue weighted by atomic mass is 9.86. The Labute approximate surface area is 152 Å². The molecule has 0 aliphatic heterocycles. The Balaban J connectivity index is 2.46. The summed E-state index contributed by atoms with van der Waals surface area (Å²) in [5, 5.41) is 29.0. The van der Waals surface area contributed by atoms with E-state index >= 15 is 0 Å². The molecule has 5 atom stereocenters. The van der Waals surface area contributed by atoms with Crippen molar-refractivity contribution in [3.63, 3.8) is 0 Å². The zero-order chi connectivity index (χ0) is 18.7. The minimum atomic E-state index is -0.747. The van der Waals surface area contributed by atoms with Crippen LogP contribution in [0, 0.1) is 17.8 Å². The Morgan fingerprint density at radius 2 is 2.00 bits per heavy atom. The summed E-state index contributed by atoms with van der Waals surface area (Å²) in [7, 11) is 0. The fourth-order valence-corrected chi connectivity index (χ4v) is 3.74. The van der Waals surface area contributed by atoms with Gasteiger partial charge in [-0.05, 0) is 43.9 Å². The molecule has 25 heavy (non-hydrogen) atoms. The third-order valence-electron chi connectivity index (χ3n) is 5.28. The third kappa shape index (κ3) is 8.68. The van der Waals surface area contributed by atoms with Crippen LogP contribution in [0.3, 0.4) is 0 Å². The van der Waals surface area contributed by atoms with Crippen LogP contribution in [0.2, 0.25) is 0 Å². The molecule has 0 aromatic carbocycles. The highest BCUT2D eigenvalue weighted by atomic mass is 16.4. The summed E-state index contributed by atoms with van der Waals surface area (Å²) in [5.41, 5.74) is 0. The van der Waals surface area contributed by atoms with E-state index in [4.69, 9.17) is 5.11 Å². The first kappa shape index (κ1) is 21.9. The molecule has 1 unspecified atom stereocenters. The SMILES string of the molecule is CCCCC[C@H](O)/C=C/[C@H]1[C@H](O)CC(C)[C@@H]1C/C=C\CCCC(=O)O. The molecule has 1 aliphatic rings. The maximum Gasteiger partial charge on any atom is 0.303 e. The van der Waals surface area contributed by atoms with Crippen molar-refractivity contribution in [2.75, 3.05) is 0 Å².